The van der Waals surface area contributed by atoms with E-state index in [2.05, 4.69) is 16.3 Å². The molecule has 1 atom stereocenters. The van der Waals surface area contributed by atoms with E-state index in [1.165, 1.54) is 18.4 Å². The first-order valence-electron chi connectivity index (χ1n) is 7.61. The van der Waals surface area contributed by atoms with E-state index < -0.39 is 0 Å². The first-order chi connectivity index (χ1) is 10.3. The largest absolute Gasteiger partial charge is 0.493 e. The number of nitrogens with one attached hydrogen (secondary N) is 1. The third-order valence-corrected chi connectivity index (χ3v) is 4.84. The molecule has 2 aliphatic rings. The number of hydrogen-bond donors (Lipinski definition) is 1. The molecule has 0 spiro atoms. The van der Waals surface area contributed by atoms with Crippen LogP contribution in [-0.2, 0) is 0 Å². The van der Waals surface area contributed by atoms with Gasteiger partial charge in [0, 0.05) is 32.2 Å². The Labute approximate surface area is 155 Å². The molecule has 23 heavy (non-hydrogen) atoms. The Kier molecular flexibility index (Phi) is 8.25. The van der Waals surface area contributed by atoms with Crippen molar-refractivity contribution in [3.8, 4) is 11.5 Å². The monoisotopic (exact) mass is 382 g/mol. The van der Waals surface area contributed by atoms with Crippen molar-refractivity contribution in [2.45, 2.75) is 18.9 Å². The van der Waals surface area contributed by atoms with Crippen LogP contribution in [0.4, 0.5) is 0 Å². The second-order valence-electron chi connectivity index (χ2n) is 5.77. The van der Waals surface area contributed by atoms with Gasteiger partial charge in [-0.1, -0.05) is 17.7 Å². The summed E-state index contributed by atoms with van der Waals surface area (Å²) in [6, 6.07) is 4.48. The Morgan fingerprint density at radius 2 is 1.78 bits per heavy atom. The maximum absolute atomic E-state index is 6.63. The number of benzene rings is 1. The van der Waals surface area contributed by atoms with Gasteiger partial charge in [-0.3, -0.25) is 4.90 Å². The number of halogens is 3. The minimum atomic E-state index is 0. The minimum absolute atomic E-state index is 0. The second kappa shape index (κ2) is 9.19. The standard InChI is InChI=1S/C16H23ClN2O2.2ClH/c1-20-13-6-5-12(14(17)16(13)21-2)15(11-3-4-11)19-9-7-18-8-10-19;;/h5-6,11,15,18H,3-4,7-10H2,1-2H3;2*1H/t15-;;/m1../s1. The zero-order valence-corrected chi connectivity index (χ0v) is 15.9. The summed E-state index contributed by atoms with van der Waals surface area (Å²) >= 11 is 6.63. The summed E-state index contributed by atoms with van der Waals surface area (Å²) < 4.78 is 10.8. The molecule has 1 heterocycles. The van der Waals surface area contributed by atoms with Crippen molar-refractivity contribution in [2.24, 2.45) is 5.92 Å². The van der Waals surface area contributed by atoms with Crippen molar-refractivity contribution in [3.63, 3.8) is 0 Å². The van der Waals surface area contributed by atoms with Crippen LogP contribution in [0.25, 0.3) is 0 Å². The number of hydrogen-bond acceptors (Lipinski definition) is 4. The van der Waals surface area contributed by atoms with Gasteiger partial charge in [-0.25, -0.2) is 0 Å². The molecule has 0 radical (unpaired) electrons. The van der Waals surface area contributed by atoms with E-state index in [0.29, 0.717) is 22.6 Å². The van der Waals surface area contributed by atoms with Crippen LogP contribution in [0, 0.1) is 5.92 Å². The van der Waals surface area contributed by atoms with E-state index in [1.807, 2.05) is 6.07 Å². The average Bonchev–Trinajstić information content (AvgIpc) is 3.34. The molecular formula is C16H25Cl3N2O2. The molecule has 3 rings (SSSR count). The smallest absolute Gasteiger partial charge is 0.179 e. The zero-order chi connectivity index (χ0) is 14.8. The summed E-state index contributed by atoms with van der Waals surface area (Å²) in [7, 11) is 3.28. The van der Waals surface area contributed by atoms with Crippen LogP contribution in [0.15, 0.2) is 12.1 Å². The fourth-order valence-electron chi connectivity index (χ4n) is 3.25. The van der Waals surface area contributed by atoms with Gasteiger partial charge in [0.15, 0.2) is 11.5 Å². The second-order valence-corrected chi connectivity index (χ2v) is 6.15. The van der Waals surface area contributed by atoms with Crippen molar-refractivity contribution in [2.75, 3.05) is 40.4 Å². The van der Waals surface area contributed by atoms with Gasteiger partial charge in [0.1, 0.15) is 0 Å². The maximum Gasteiger partial charge on any atom is 0.179 e. The lowest BCUT2D eigenvalue weighted by molar-refractivity contribution is 0.156. The van der Waals surface area contributed by atoms with E-state index in [4.69, 9.17) is 21.1 Å². The topological polar surface area (TPSA) is 33.7 Å². The van der Waals surface area contributed by atoms with E-state index in [1.54, 1.807) is 14.2 Å². The van der Waals surface area contributed by atoms with Crippen LogP contribution >= 0.6 is 36.4 Å². The Bertz CT molecular complexity index is 506. The molecule has 0 aromatic heterocycles. The lowest BCUT2D eigenvalue weighted by Gasteiger charge is -2.36. The van der Waals surface area contributed by atoms with Gasteiger partial charge in [0.05, 0.1) is 19.2 Å². The highest BCUT2D eigenvalue weighted by atomic mass is 35.5. The van der Waals surface area contributed by atoms with Gasteiger partial charge in [0.25, 0.3) is 0 Å². The summed E-state index contributed by atoms with van der Waals surface area (Å²) in [6.45, 7) is 4.25. The predicted octanol–water partition coefficient (Wildman–Crippen LogP) is 3.56. The molecule has 4 nitrogen and oxygen atoms in total. The summed E-state index contributed by atoms with van der Waals surface area (Å²) in [4.78, 5) is 2.56. The molecule has 1 saturated heterocycles. The van der Waals surface area contributed by atoms with Crippen molar-refractivity contribution in [1.29, 1.82) is 0 Å². The van der Waals surface area contributed by atoms with Crippen molar-refractivity contribution >= 4 is 36.4 Å². The Hall–Kier alpha value is -0.390. The van der Waals surface area contributed by atoms with Crippen LogP contribution in [0.2, 0.25) is 5.02 Å². The highest BCUT2D eigenvalue weighted by molar-refractivity contribution is 6.33. The maximum atomic E-state index is 6.63. The fraction of sp³-hybridized carbons (Fsp3) is 0.625. The number of nitrogens with zero attached hydrogens (tertiary/aromatic N) is 1. The first kappa shape index (κ1) is 20.7. The Morgan fingerprint density at radius 3 is 2.30 bits per heavy atom. The van der Waals surface area contributed by atoms with E-state index in [-0.39, 0.29) is 24.8 Å². The van der Waals surface area contributed by atoms with Gasteiger partial charge in [0.2, 0.25) is 0 Å². The van der Waals surface area contributed by atoms with Gasteiger partial charge in [-0.2, -0.15) is 0 Å². The van der Waals surface area contributed by atoms with Crippen molar-refractivity contribution in [1.82, 2.24) is 10.2 Å². The summed E-state index contributed by atoms with van der Waals surface area (Å²) in [5.74, 6) is 2.07. The molecule has 2 fully saturated rings. The normalized spacial score (nSPS) is 19.3. The lowest BCUT2D eigenvalue weighted by atomic mass is 9.99. The molecule has 1 saturated carbocycles. The minimum Gasteiger partial charge on any atom is -0.493 e. The van der Waals surface area contributed by atoms with Gasteiger partial charge in [-0.05, 0) is 30.4 Å². The SMILES string of the molecule is COc1ccc([C@@H](C2CC2)N2CCNCC2)c(Cl)c1OC.Cl.Cl. The van der Waals surface area contributed by atoms with Gasteiger partial charge < -0.3 is 14.8 Å². The summed E-state index contributed by atoms with van der Waals surface area (Å²) in [5.41, 5.74) is 1.18. The van der Waals surface area contributed by atoms with E-state index in [9.17, 15) is 0 Å². The number of rotatable bonds is 5. The molecule has 0 unspecified atom stereocenters. The van der Waals surface area contributed by atoms with Crippen LogP contribution in [0.1, 0.15) is 24.4 Å². The summed E-state index contributed by atoms with van der Waals surface area (Å²) in [5, 5.41) is 4.12. The molecular weight excluding hydrogens is 359 g/mol. The lowest BCUT2D eigenvalue weighted by Crippen LogP contribution is -2.45. The molecule has 132 valence electrons. The van der Waals surface area contributed by atoms with Gasteiger partial charge >= 0.3 is 0 Å². The molecule has 1 aromatic carbocycles. The number of ether oxygens (including phenoxy) is 2. The zero-order valence-electron chi connectivity index (χ0n) is 13.5. The highest BCUT2D eigenvalue weighted by Gasteiger charge is 2.38. The Balaban J connectivity index is 0.00000132. The van der Waals surface area contributed by atoms with Gasteiger partial charge in [-0.15, -0.1) is 24.8 Å². The van der Waals surface area contributed by atoms with E-state index >= 15 is 0 Å². The predicted molar refractivity (Wildman–Crippen MR) is 99.0 cm³/mol. The third kappa shape index (κ3) is 4.37. The first-order valence-corrected chi connectivity index (χ1v) is 7.99. The average molecular weight is 384 g/mol. The van der Waals surface area contributed by atoms with Crippen molar-refractivity contribution < 1.29 is 9.47 Å². The highest BCUT2D eigenvalue weighted by Crippen LogP contribution is 2.49. The molecule has 0 bridgehead atoms. The van der Waals surface area contributed by atoms with Crippen LogP contribution in [-0.4, -0.2) is 45.3 Å². The molecule has 1 aliphatic carbocycles. The Morgan fingerprint density at radius 1 is 1.13 bits per heavy atom. The van der Waals surface area contributed by atoms with Crippen LogP contribution in [0.3, 0.4) is 0 Å². The molecule has 7 heteroatoms. The quantitative estimate of drug-likeness (QED) is 0.843. The molecule has 1 aromatic rings. The number of piperazine rings is 1. The van der Waals surface area contributed by atoms with Crippen LogP contribution < -0.4 is 14.8 Å². The summed E-state index contributed by atoms with van der Waals surface area (Å²) in [6.07, 6.45) is 2.58. The van der Waals surface area contributed by atoms with Crippen LogP contribution in [0.5, 0.6) is 11.5 Å². The molecule has 0 amide bonds. The van der Waals surface area contributed by atoms with Crippen molar-refractivity contribution in [3.05, 3.63) is 22.7 Å². The fourth-order valence-corrected chi connectivity index (χ4v) is 3.60. The number of methoxy groups -OCH3 is 2. The molecule has 1 N–H and O–H groups in total. The third-order valence-electron chi connectivity index (χ3n) is 4.45. The molecule has 1 aliphatic heterocycles. The van der Waals surface area contributed by atoms with E-state index in [0.717, 1.165) is 32.1 Å².